The van der Waals surface area contributed by atoms with Gasteiger partial charge in [0.05, 0.1) is 18.1 Å². The third-order valence-corrected chi connectivity index (χ3v) is 1.51. The predicted octanol–water partition coefficient (Wildman–Crippen LogP) is 1.05. The van der Waals surface area contributed by atoms with Crippen LogP contribution in [-0.4, -0.2) is 16.0 Å². The average molecular weight is 135 g/mol. The summed E-state index contributed by atoms with van der Waals surface area (Å²) in [7, 11) is 0. The minimum atomic E-state index is 0.686. The monoisotopic (exact) mass is 135 g/mol. The Hall–Kier alpha value is -1.12. The van der Waals surface area contributed by atoms with Crippen LogP contribution in [0.5, 0.6) is 0 Å². The Balaban J connectivity index is 2.03. The predicted molar refractivity (Wildman–Crippen MR) is 38.7 cm³/mol. The molecule has 1 saturated carbocycles. The van der Waals surface area contributed by atoms with Crippen LogP contribution in [0.4, 0.5) is 5.69 Å². The van der Waals surface area contributed by atoms with Gasteiger partial charge >= 0.3 is 0 Å². The Labute approximate surface area is 59.5 Å². The van der Waals surface area contributed by atoms with E-state index >= 15 is 0 Å². The van der Waals surface area contributed by atoms with Gasteiger partial charge in [-0.3, -0.25) is 0 Å². The highest BCUT2D eigenvalue weighted by atomic mass is 15.0. The average Bonchev–Trinajstić information content (AvgIpc) is 2.74. The van der Waals surface area contributed by atoms with Gasteiger partial charge in [-0.05, 0) is 12.8 Å². The molecule has 0 bridgehead atoms. The first kappa shape index (κ1) is 5.65. The van der Waals surface area contributed by atoms with Crippen molar-refractivity contribution >= 4 is 5.69 Å². The molecular formula is C7H9N3. The van der Waals surface area contributed by atoms with E-state index < -0.39 is 0 Å². The van der Waals surface area contributed by atoms with Crippen LogP contribution in [0.1, 0.15) is 12.8 Å². The SMILES string of the molecule is c1ncc(NC2CC2)cn1. The molecule has 1 aromatic heterocycles. The van der Waals surface area contributed by atoms with Gasteiger partial charge in [0.1, 0.15) is 6.33 Å². The van der Waals surface area contributed by atoms with Gasteiger partial charge in [-0.25, -0.2) is 9.97 Å². The molecule has 0 amide bonds. The van der Waals surface area contributed by atoms with Crippen molar-refractivity contribution in [2.24, 2.45) is 0 Å². The highest BCUT2D eigenvalue weighted by Gasteiger charge is 2.20. The Kier molecular flexibility index (Phi) is 1.27. The van der Waals surface area contributed by atoms with E-state index in [1.165, 1.54) is 19.2 Å². The first-order valence-corrected chi connectivity index (χ1v) is 3.47. The standard InChI is InChI=1S/C7H9N3/c1-2-6(1)10-7-3-8-5-9-4-7/h3-6,10H,1-2H2. The molecule has 1 aliphatic carbocycles. The minimum absolute atomic E-state index is 0.686. The number of hydrogen-bond donors (Lipinski definition) is 1. The van der Waals surface area contributed by atoms with Crippen LogP contribution < -0.4 is 5.32 Å². The fourth-order valence-electron chi connectivity index (χ4n) is 0.837. The molecule has 0 aliphatic heterocycles. The highest BCUT2D eigenvalue weighted by Crippen LogP contribution is 2.23. The van der Waals surface area contributed by atoms with Gasteiger partial charge in [-0.1, -0.05) is 0 Å². The molecular weight excluding hydrogens is 126 g/mol. The van der Waals surface area contributed by atoms with Crippen molar-refractivity contribution in [3.63, 3.8) is 0 Å². The summed E-state index contributed by atoms with van der Waals surface area (Å²) in [4.78, 5) is 7.78. The van der Waals surface area contributed by atoms with Gasteiger partial charge in [0.25, 0.3) is 0 Å². The van der Waals surface area contributed by atoms with Gasteiger partial charge in [0.2, 0.25) is 0 Å². The highest BCUT2D eigenvalue weighted by molar-refractivity contribution is 5.39. The third kappa shape index (κ3) is 1.23. The lowest BCUT2D eigenvalue weighted by atomic mass is 10.5. The number of nitrogens with one attached hydrogen (secondary N) is 1. The lowest BCUT2D eigenvalue weighted by Crippen LogP contribution is -2.00. The first-order chi connectivity index (χ1) is 4.95. The Morgan fingerprint density at radius 2 is 2.00 bits per heavy atom. The molecule has 0 saturated heterocycles. The summed E-state index contributed by atoms with van der Waals surface area (Å²) in [6.45, 7) is 0. The maximum atomic E-state index is 3.89. The van der Waals surface area contributed by atoms with Gasteiger partial charge in [-0.2, -0.15) is 0 Å². The Bertz CT molecular complexity index is 205. The molecule has 0 unspecified atom stereocenters. The molecule has 2 rings (SSSR count). The molecule has 1 fully saturated rings. The number of rotatable bonds is 2. The van der Waals surface area contributed by atoms with E-state index in [4.69, 9.17) is 0 Å². The second-order valence-electron chi connectivity index (χ2n) is 2.55. The summed E-state index contributed by atoms with van der Waals surface area (Å²) < 4.78 is 0. The quantitative estimate of drug-likeness (QED) is 0.658. The van der Waals surface area contributed by atoms with Crippen molar-refractivity contribution in [2.75, 3.05) is 5.32 Å². The van der Waals surface area contributed by atoms with Crippen molar-refractivity contribution in [1.82, 2.24) is 9.97 Å². The number of anilines is 1. The molecule has 1 aromatic rings. The zero-order valence-electron chi connectivity index (χ0n) is 5.62. The molecule has 3 heteroatoms. The third-order valence-electron chi connectivity index (χ3n) is 1.51. The topological polar surface area (TPSA) is 37.8 Å². The summed E-state index contributed by atoms with van der Waals surface area (Å²) in [5.41, 5.74) is 1.03. The van der Waals surface area contributed by atoms with E-state index in [-0.39, 0.29) is 0 Å². The van der Waals surface area contributed by atoms with Crippen LogP contribution >= 0.6 is 0 Å². The zero-order chi connectivity index (χ0) is 6.81. The Morgan fingerprint density at radius 3 is 2.60 bits per heavy atom. The molecule has 0 atom stereocenters. The fraction of sp³-hybridized carbons (Fsp3) is 0.429. The summed E-state index contributed by atoms with van der Waals surface area (Å²) in [6, 6.07) is 0.686. The molecule has 3 nitrogen and oxygen atoms in total. The van der Waals surface area contributed by atoms with Crippen molar-refractivity contribution < 1.29 is 0 Å². The van der Waals surface area contributed by atoms with Gasteiger partial charge in [0.15, 0.2) is 0 Å². The maximum absolute atomic E-state index is 3.89. The Morgan fingerprint density at radius 1 is 1.30 bits per heavy atom. The van der Waals surface area contributed by atoms with E-state index in [0.29, 0.717) is 6.04 Å². The van der Waals surface area contributed by atoms with Crippen LogP contribution in [0, 0.1) is 0 Å². The van der Waals surface area contributed by atoms with E-state index in [2.05, 4.69) is 15.3 Å². The largest absolute Gasteiger partial charge is 0.380 e. The number of hydrogen-bond acceptors (Lipinski definition) is 3. The molecule has 0 aromatic carbocycles. The second kappa shape index (κ2) is 2.25. The van der Waals surface area contributed by atoms with Gasteiger partial charge in [0, 0.05) is 6.04 Å². The second-order valence-corrected chi connectivity index (χ2v) is 2.55. The normalized spacial score (nSPS) is 16.8. The van der Waals surface area contributed by atoms with Crippen LogP contribution in [0.3, 0.4) is 0 Å². The van der Waals surface area contributed by atoms with Crippen LogP contribution in [0.2, 0.25) is 0 Å². The molecule has 1 N–H and O–H groups in total. The molecule has 52 valence electrons. The van der Waals surface area contributed by atoms with Crippen LogP contribution in [0.25, 0.3) is 0 Å². The summed E-state index contributed by atoms with van der Waals surface area (Å²) in [5.74, 6) is 0. The zero-order valence-corrected chi connectivity index (χ0v) is 5.62. The van der Waals surface area contributed by atoms with E-state index in [1.807, 2.05) is 0 Å². The smallest absolute Gasteiger partial charge is 0.115 e. The van der Waals surface area contributed by atoms with E-state index in [0.717, 1.165) is 5.69 Å². The van der Waals surface area contributed by atoms with Crippen molar-refractivity contribution in [2.45, 2.75) is 18.9 Å². The van der Waals surface area contributed by atoms with E-state index in [1.54, 1.807) is 12.4 Å². The van der Waals surface area contributed by atoms with Gasteiger partial charge in [-0.15, -0.1) is 0 Å². The van der Waals surface area contributed by atoms with Crippen LogP contribution in [-0.2, 0) is 0 Å². The lowest BCUT2D eigenvalue weighted by molar-refractivity contribution is 1.10. The molecule has 0 radical (unpaired) electrons. The maximum Gasteiger partial charge on any atom is 0.115 e. The van der Waals surface area contributed by atoms with E-state index in [9.17, 15) is 0 Å². The molecule has 1 heterocycles. The molecule has 0 spiro atoms. The number of nitrogens with zero attached hydrogens (tertiary/aromatic N) is 2. The summed E-state index contributed by atoms with van der Waals surface area (Å²) in [5, 5.41) is 3.29. The van der Waals surface area contributed by atoms with Crippen molar-refractivity contribution in [1.29, 1.82) is 0 Å². The summed E-state index contributed by atoms with van der Waals surface area (Å²) in [6.07, 6.45) is 7.71. The van der Waals surface area contributed by atoms with Crippen molar-refractivity contribution in [3.05, 3.63) is 18.7 Å². The molecule has 1 aliphatic rings. The number of aromatic nitrogens is 2. The van der Waals surface area contributed by atoms with Crippen LogP contribution in [0.15, 0.2) is 18.7 Å². The van der Waals surface area contributed by atoms with Crippen molar-refractivity contribution in [3.8, 4) is 0 Å². The first-order valence-electron chi connectivity index (χ1n) is 3.47. The summed E-state index contributed by atoms with van der Waals surface area (Å²) >= 11 is 0. The fourth-order valence-corrected chi connectivity index (χ4v) is 0.837. The minimum Gasteiger partial charge on any atom is -0.380 e. The van der Waals surface area contributed by atoms with Gasteiger partial charge < -0.3 is 5.32 Å². The lowest BCUT2D eigenvalue weighted by Gasteiger charge is -1.99. The molecule has 10 heavy (non-hydrogen) atoms.